The zero-order valence-electron chi connectivity index (χ0n) is 11.9. The van der Waals surface area contributed by atoms with Crippen molar-refractivity contribution >= 4 is 23.3 Å². The number of carbonyl (C=O) groups is 2. The highest BCUT2D eigenvalue weighted by Gasteiger charge is 2.23. The first-order chi connectivity index (χ1) is 9.61. The van der Waals surface area contributed by atoms with E-state index < -0.39 is 28.2 Å². The second-order valence-corrected chi connectivity index (χ2v) is 5.20. The van der Waals surface area contributed by atoms with Crippen LogP contribution in [-0.4, -0.2) is 34.1 Å². The highest BCUT2D eigenvalue weighted by atomic mass is 16.6. The first-order valence-electron chi connectivity index (χ1n) is 6.08. The van der Waals surface area contributed by atoms with Crippen LogP contribution in [0, 0.1) is 10.1 Å². The van der Waals surface area contributed by atoms with Crippen LogP contribution in [-0.2, 0) is 9.53 Å². The van der Waals surface area contributed by atoms with E-state index >= 15 is 0 Å². The number of rotatable bonds is 5. The van der Waals surface area contributed by atoms with Gasteiger partial charge in [-0.2, -0.15) is 0 Å². The number of hydrogen-bond acceptors (Lipinski definition) is 6. The minimum absolute atomic E-state index is 0.221. The predicted molar refractivity (Wildman–Crippen MR) is 74.4 cm³/mol. The Morgan fingerprint density at radius 1 is 1.38 bits per heavy atom. The van der Waals surface area contributed by atoms with Crippen LogP contribution in [0.3, 0.4) is 0 Å². The Balaban J connectivity index is 2.98. The lowest BCUT2D eigenvalue weighted by Crippen LogP contribution is -2.28. The molecule has 0 aliphatic rings. The van der Waals surface area contributed by atoms with Gasteiger partial charge < -0.3 is 15.2 Å². The third kappa shape index (κ3) is 4.75. The molecule has 0 heterocycles. The fraction of sp³-hybridized carbons (Fsp3) is 0.385. The van der Waals surface area contributed by atoms with Crippen molar-refractivity contribution in [2.24, 2.45) is 0 Å². The third-order valence-corrected chi connectivity index (χ3v) is 2.30. The van der Waals surface area contributed by atoms with Gasteiger partial charge in [0.25, 0.3) is 5.69 Å². The maximum atomic E-state index is 11.6. The summed E-state index contributed by atoms with van der Waals surface area (Å²) in [7, 11) is 0. The number of hydrogen-bond donors (Lipinski definition) is 2. The molecule has 0 aliphatic carbocycles. The molecule has 0 saturated heterocycles. The smallest absolute Gasteiger partial charge is 0.338 e. The van der Waals surface area contributed by atoms with Gasteiger partial charge in [-0.15, -0.1) is 0 Å². The van der Waals surface area contributed by atoms with E-state index in [1.165, 1.54) is 12.1 Å². The Labute approximate surface area is 120 Å². The maximum absolute atomic E-state index is 11.6. The zero-order valence-corrected chi connectivity index (χ0v) is 11.9. The van der Waals surface area contributed by atoms with E-state index in [-0.39, 0.29) is 17.8 Å². The van der Waals surface area contributed by atoms with Crippen LogP contribution < -0.4 is 5.32 Å². The topological polar surface area (TPSA) is 119 Å². The first-order valence-corrected chi connectivity index (χ1v) is 6.08. The minimum atomic E-state index is -1.33. The van der Waals surface area contributed by atoms with E-state index in [4.69, 9.17) is 9.84 Å². The molecule has 0 spiro atoms. The lowest BCUT2D eigenvalue weighted by molar-refractivity contribution is -0.384. The van der Waals surface area contributed by atoms with Crippen LogP contribution in [0.2, 0.25) is 0 Å². The molecule has 0 bridgehead atoms. The summed E-state index contributed by atoms with van der Waals surface area (Å²) in [5, 5.41) is 22.4. The summed E-state index contributed by atoms with van der Waals surface area (Å²) >= 11 is 0. The quantitative estimate of drug-likeness (QED) is 0.484. The Bertz CT molecular complexity index is 544. The predicted octanol–water partition coefficient (Wildman–Crippen LogP) is 2.05. The molecule has 8 nitrogen and oxygen atoms in total. The van der Waals surface area contributed by atoms with Gasteiger partial charge in [0.15, 0.2) is 0 Å². The molecular weight excluding hydrogens is 280 g/mol. The SMILES string of the molecule is CC(C)(C)OC(=O)CNc1c(C(=O)O)cccc1[N+](=O)[O-]. The first kappa shape index (κ1) is 16.4. The number of esters is 1. The van der Waals surface area contributed by atoms with Gasteiger partial charge in [-0.1, -0.05) is 6.07 Å². The maximum Gasteiger partial charge on any atom is 0.338 e. The molecule has 1 aromatic rings. The summed E-state index contributed by atoms with van der Waals surface area (Å²) < 4.78 is 5.04. The number of nitrogens with zero attached hydrogens (tertiary/aromatic N) is 1. The molecule has 0 aliphatic heterocycles. The van der Waals surface area contributed by atoms with E-state index in [0.717, 1.165) is 6.07 Å². The number of nitro groups is 1. The van der Waals surface area contributed by atoms with Crippen molar-refractivity contribution in [2.75, 3.05) is 11.9 Å². The molecule has 1 aromatic carbocycles. The fourth-order valence-corrected chi connectivity index (χ4v) is 1.59. The Hall–Kier alpha value is -2.64. The minimum Gasteiger partial charge on any atom is -0.478 e. The molecule has 0 radical (unpaired) electrons. The molecule has 0 unspecified atom stereocenters. The molecule has 0 fully saturated rings. The van der Waals surface area contributed by atoms with Crippen LogP contribution in [0.25, 0.3) is 0 Å². The molecule has 8 heteroatoms. The van der Waals surface area contributed by atoms with Gasteiger partial charge in [0, 0.05) is 6.07 Å². The van der Waals surface area contributed by atoms with Crippen LogP contribution in [0.5, 0.6) is 0 Å². The lowest BCUT2D eigenvalue weighted by Gasteiger charge is -2.20. The summed E-state index contributed by atoms with van der Waals surface area (Å²) in [6.45, 7) is 4.66. The van der Waals surface area contributed by atoms with Crippen LogP contribution in [0.15, 0.2) is 18.2 Å². The number of para-hydroxylation sites is 1. The Kier molecular flexibility index (Phi) is 4.85. The van der Waals surface area contributed by atoms with Crippen LogP contribution in [0.4, 0.5) is 11.4 Å². The van der Waals surface area contributed by atoms with E-state index in [0.29, 0.717) is 0 Å². The number of aromatic carboxylic acids is 1. The van der Waals surface area contributed by atoms with Crippen LogP contribution in [0.1, 0.15) is 31.1 Å². The van der Waals surface area contributed by atoms with E-state index in [1.54, 1.807) is 20.8 Å². The number of anilines is 1. The summed E-state index contributed by atoms with van der Waals surface area (Å²) in [5.41, 5.74) is -1.62. The van der Waals surface area contributed by atoms with Crippen molar-refractivity contribution in [3.8, 4) is 0 Å². The molecule has 0 aromatic heterocycles. The number of nitro benzene ring substituents is 1. The molecule has 21 heavy (non-hydrogen) atoms. The van der Waals surface area contributed by atoms with Crippen molar-refractivity contribution in [2.45, 2.75) is 26.4 Å². The number of carboxylic acid groups (broad SMARTS) is 1. The van der Waals surface area contributed by atoms with Gasteiger partial charge in [-0.25, -0.2) is 4.79 Å². The average molecular weight is 296 g/mol. The van der Waals surface area contributed by atoms with E-state index in [1.807, 2.05) is 0 Å². The average Bonchev–Trinajstić information content (AvgIpc) is 2.33. The monoisotopic (exact) mass is 296 g/mol. The lowest BCUT2D eigenvalue weighted by atomic mass is 10.1. The van der Waals surface area contributed by atoms with E-state index in [9.17, 15) is 19.7 Å². The summed E-state index contributed by atoms with van der Waals surface area (Å²) in [4.78, 5) is 32.9. The molecule has 114 valence electrons. The van der Waals surface area contributed by atoms with Gasteiger partial charge in [-0.05, 0) is 26.8 Å². The molecule has 0 amide bonds. The highest BCUT2D eigenvalue weighted by Crippen LogP contribution is 2.28. The highest BCUT2D eigenvalue weighted by molar-refractivity contribution is 5.97. The zero-order chi connectivity index (χ0) is 16.2. The normalized spacial score (nSPS) is 10.8. The third-order valence-electron chi connectivity index (χ3n) is 2.30. The number of ether oxygens (including phenoxy) is 1. The van der Waals surface area contributed by atoms with Gasteiger partial charge >= 0.3 is 11.9 Å². The molecule has 1 rings (SSSR count). The number of carbonyl (C=O) groups excluding carboxylic acids is 1. The number of nitrogens with one attached hydrogen (secondary N) is 1. The van der Waals surface area contributed by atoms with Crippen molar-refractivity contribution in [3.05, 3.63) is 33.9 Å². The molecule has 0 saturated carbocycles. The Morgan fingerprint density at radius 3 is 2.48 bits per heavy atom. The van der Waals surface area contributed by atoms with Gasteiger partial charge in [0.2, 0.25) is 0 Å². The summed E-state index contributed by atoms with van der Waals surface area (Å²) in [6, 6.07) is 3.64. The fourth-order valence-electron chi connectivity index (χ4n) is 1.59. The van der Waals surface area contributed by atoms with Crippen molar-refractivity contribution in [1.82, 2.24) is 0 Å². The summed E-state index contributed by atoms with van der Waals surface area (Å²) in [6.07, 6.45) is 0. The largest absolute Gasteiger partial charge is 0.478 e. The van der Waals surface area contributed by atoms with Crippen molar-refractivity contribution in [3.63, 3.8) is 0 Å². The molecule has 0 atom stereocenters. The summed E-state index contributed by atoms with van der Waals surface area (Å²) in [5.74, 6) is -1.97. The molecular formula is C13H16N2O6. The van der Waals surface area contributed by atoms with Gasteiger partial charge in [-0.3, -0.25) is 14.9 Å². The molecule has 2 N–H and O–H groups in total. The van der Waals surface area contributed by atoms with Gasteiger partial charge in [0.05, 0.1) is 10.5 Å². The van der Waals surface area contributed by atoms with E-state index in [2.05, 4.69) is 5.32 Å². The second-order valence-electron chi connectivity index (χ2n) is 5.20. The van der Waals surface area contributed by atoms with Crippen molar-refractivity contribution in [1.29, 1.82) is 0 Å². The number of carboxylic acids is 1. The second kappa shape index (κ2) is 6.21. The van der Waals surface area contributed by atoms with Crippen molar-refractivity contribution < 1.29 is 24.4 Å². The Morgan fingerprint density at radius 2 is 2.00 bits per heavy atom. The van der Waals surface area contributed by atoms with Crippen LogP contribution >= 0.6 is 0 Å². The number of benzene rings is 1. The van der Waals surface area contributed by atoms with Gasteiger partial charge in [0.1, 0.15) is 17.8 Å². The standard InChI is InChI=1S/C13H16N2O6/c1-13(2,3)21-10(16)7-14-11-8(12(17)18)5-4-6-9(11)15(19)20/h4-6,14H,7H2,1-3H3,(H,17,18).